The quantitative estimate of drug-likeness (QED) is 0.378. The van der Waals surface area contributed by atoms with Gasteiger partial charge in [-0.05, 0) is 0 Å². The molecule has 100 valence electrons. The van der Waals surface area contributed by atoms with Crippen LogP contribution in [0, 0.1) is 12.6 Å². The Labute approximate surface area is 677 Å². The van der Waals surface area contributed by atoms with E-state index in [0.717, 1.165) is 5.56 Å². The van der Waals surface area contributed by atoms with Crippen molar-refractivity contribution in [3.8, 4) is 0 Å². The summed E-state index contributed by atoms with van der Waals surface area (Å²) in [7, 11) is 0. The van der Waals surface area contributed by atoms with Gasteiger partial charge in [0.05, 0.1) is 0 Å². The Morgan fingerprint density at radius 2 is 0.714 bits per heavy atom. The zero-order valence-corrected chi connectivity index (χ0v) is 72.8. The van der Waals surface area contributed by atoms with Crippen LogP contribution in [0.2, 0.25) is 0 Å². The van der Waals surface area contributed by atoms with E-state index in [9.17, 15) is 0 Å². The van der Waals surface area contributed by atoms with Crippen molar-refractivity contribution in [1.29, 1.82) is 0 Å². The van der Waals surface area contributed by atoms with E-state index < -0.39 is 0 Å². The van der Waals surface area contributed by atoms with E-state index in [0.29, 0.717) is 0 Å². The fourth-order valence-corrected chi connectivity index (χ4v) is 0.511. The van der Waals surface area contributed by atoms with Crippen molar-refractivity contribution in [2.75, 3.05) is 0 Å². The molecule has 0 amide bonds. The van der Waals surface area contributed by atoms with E-state index in [2.05, 4.69) is 6.07 Å². The van der Waals surface area contributed by atoms with Gasteiger partial charge in [-0.25, -0.2) is 12.1 Å². The first-order chi connectivity index (χ1) is 3.93. The molecule has 1 aromatic rings. The smallest absolute Gasteiger partial charge is 0 e. The Morgan fingerprint density at radius 3 is 0.821 bits per heavy atom. The van der Waals surface area contributed by atoms with Crippen molar-refractivity contribution in [1.82, 2.24) is 0 Å². The van der Waals surface area contributed by atoms with Crippen LogP contribution in [-0.2, 0) is 654 Å². The molecular formula is C8H6Y20-2. The largest absolute Gasteiger partial charge is 0.344 e. The number of rotatable bonds is 1. The predicted octanol–water partition coefficient (Wildman–Crippen LogP) is 1.88. The van der Waals surface area contributed by atoms with Gasteiger partial charge in [-0.15, -0.1) is 6.07 Å². The molecule has 0 aromatic heterocycles. The molecule has 1 rings (SSSR count). The summed E-state index contributed by atoms with van der Waals surface area (Å²) >= 11 is 0. The average Bonchev–Trinajstić information content (AvgIpc) is 1.90. The standard InChI is InChI=1S/C8H6.20Y/c1-2-8-6-4-3-5-7-8;;;;;;;;;;;;;;;;;;;;/h1-6H;;;;;;;;;;;;;;;;;;;;/q-2;;;;;;;;;;;;;;;;;;;;. The third kappa shape index (κ3) is 103. The molecule has 20 heteroatoms. The topological polar surface area (TPSA) is 0 Å². The van der Waals surface area contributed by atoms with Crippen molar-refractivity contribution in [2.24, 2.45) is 0 Å². The first-order valence-electron chi connectivity index (χ1n) is 2.45. The van der Waals surface area contributed by atoms with Gasteiger partial charge in [0.25, 0.3) is 0 Å². The molecule has 0 bridgehead atoms. The third-order valence-corrected chi connectivity index (χ3v) is 0.913. The minimum absolute atomic E-state index is 0. The van der Waals surface area contributed by atoms with Crippen LogP contribution < -0.4 is 0 Å². The summed E-state index contributed by atoms with van der Waals surface area (Å²) in [6.45, 7) is 5.19. The minimum Gasteiger partial charge on any atom is -0.344 e. The van der Waals surface area contributed by atoms with E-state index in [1.54, 1.807) is 0 Å². The molecule has 0 saturated carbocycles. The van der Waals surface area contributed by atoms with E-state index in [4.69, 9.17) is 6.58 Å². The van der Waals surface area contributed by atoms with Gasteiger partial charge >= 0.3 is 0 Å². The molecule has 1 aromatic carbocycles. The van der Waals surface area contributed by atoms with Crippen LogP contribution >= 0.6 is 0 Å². The van der Waals surface area contributed by atoms with Crippen molar-refractivity contribution in [3.63, 3.8) is 0 Å². The Bertz CT molecular complexity index is 187. The maximum atomic E-state index is 5.19. The Morgan fingerprint density at radius 1 is 0.464 bits per heavy atom. The van der Waals surface area contributed by atoms with Gasteiger partial charge in [-0.3, -0.25) is 0 Å². The maximum Gasteiger partial charge on any atom is 0 e. The van der Waals surface area contributed by atoms with E-state index in [1.807, 2.05) is 24.3 Å². The van der Waals surface area contributed by atoms with E-state index in [1.165, 1.54) is 6.08 Å². The molecule has 0 aliphatic rings. The molecule has 0 fully saturated rings. The number of hydrogen-bond donors (Lipinski definition) is 0. The SMILES string of the molecule is [CH-]=Cc1[c-]cccc1.[Y].[Y].[Y].[Y].[Y].[Y].[Y].[Y].[Y].[Y].[Y].[Y].[Y].[Y].[Y].[Y].[Y].[Y].[Y].[Y]. The van der Waals surface area contributed by atoms with Gasteiger partial charge in [-0.1, -0.05) is 0 Å². The molecule has 0 unspecified atom stereocenters. The summed E-state index contributed by atoms with van der Waals surface area (Å²) in [6.07, 6.45) is 1.53. The van der Waals surface area contributed by atoms with E-state index >= 15 is 0 Å². The Balaban J connectivity index is -0.00000000178. The average molecular weight is 1880 g/mol. The molecule has 0 aliphatic carbocycles. The van der Waals surface area contributed by atoms with E-state index in [-0.39, 0.29) is 654 Å². The molecule has 0 atom stereocenters. The van der Waals surface area contributed by atoms with Crippen molar-refractivity contribution in [3.05, 3.63) is 42.5 Å². The zero-order valence-electron chi connectivity index (χ0n) is 16.0. The van der Waals surface area contributed by atoms with Gasteiger partial charge in [0.2, 0.25) is 0 Å². The second-order valence-corrected chi connectivity index (χ2v) is 1.48. The molecule has 0 saturated heterocycles. The van der Waals surface area contributed by atoms with Gasteiger partial charge in [0.1, 0.15) is 0 Å². The van der Waals surface area contributed by atoms with Crippen LogP contribution in [0.4, 0.5) is 0 Å². The summed E-state index contributed by atoms with van der Waals surface area (Å²) in [5.41, 5.74) is 0.938. The molecule has 0 heterocycles. The number of hydrogen-bond acceptors (Lipinski definition) is 0. The zero-order chi connectivity index (χ0) is 5.82. The van der Waals surface area contributed by atoms with Crippen molar-refractivity contribution in [2.45, 2.75) is 0 Å². The van der Waals surface area contributed by atoms with Crippen LogP contribution in [0.3, 0.4) is 0 Å². The van der Waals surface area contributed by atoms with Crippen LogP contribution in [0.15, 0.2) is 24.3 Å². The predicted molar refractivity (Wildman–Crippen MR) is 34.0 cm³/mol. The fraction of sp³-hybridized carbons (Fsp3) is 0. The summed E-state index contributed by atoms with van der Waals surface area (Å²) in [4.78, 5) is 0. The Hall–Kier alpha value is 21.0. The normalized spacial score (nSPS) is 2.43. The van der Waals surface area contributed by atoms with Gasteiger partial charge in [-0.2, -0.15) is 12.1 Å². The second kappa shape index (κ2) is 118. The second-order valence-electron chi connectivity index (χ2n) is 1.48. The van der Waals surface area contributed by atoms with Crippen molar-refractivity contribution >= 4 is 6.08 Å². The van der Waals surface area contributed by atoms with Gasteiger partial charge in [0, 0.05) is 654 Å². The Kier molecular flexibility index (Phi) is 565. The molecule has 0 aliphatic heterocycles. The molecular weight excluding hydrogens is 1870 g/mol. The molecule has 20 radical (unpaired) electrons. The van der Waals surface area contributed by atoms with Crippen LogP contribution in [0.25, 0.3) is 6.08 Å². The maximum absolute atomic E-state index is 5.19. The monoisotopic (exact) mass is 1880 g/mol. The summed E-state index contributed by atoms with van der Waals surface area (Å²) < 4.78 is 0. The molecule has 28 heavy (non-hydrogen) atoms. The fourth-order valence-electron chi connectivity index (χ4n) is 0.511. The summed E-state index contributed by atoms with van der Waals surface area (Å²) in [5, 5.41) is 0. The summed E-state index contributed by atoms with van der Waals surface area (Å²) in [5.74, 6) is 0. The molecule has 0 N–H and O–H groups in total. The van der Waals surface area contributed by atoms with Crippen LogP contribution in [-0.4, -0.2) is 0 Å². The van der Waals surface area contributed by atoms with Crippen molar-refractivity contribution < 1.29 is 654 Å². The molecule has 0 spiro atoms. The minimum atomic E-state index is 0. The van der Waals surface area contributed by atoms with Gasteiger partial charge < -0.3 is 18.2 Å². The molecule has 0 nitrogen and oxygen atoms in total. The van der Waals surface area contributed by atoms with Crippen LogP contribution in [0.5, 0.6) is 0 Å². The third-order valence-electron chi connectivity index (χ3n) is 0.913. The summed E-state index contributed by atoms with van der Waals surface area (Å²) in [6, 6.07) is 10.5. The number of benzene rings is 1. The van der Waals surface area contributed by atoms with Gasteiger partial charge in [0.15, 0.2) is 0 Å². The first-order valence-corrected chi connectivity index (χ1v) is 2.45. The first kappa shape index (κ1) is 134. The van der Waals surface area contributed by atoms with Crippen LogP contribution in [0.1, 0.15) is 5.56 Å².